The van der Waals surface area contributed by atoms with Gasteiger partial charge in [-0.1, -0.05) is 90.5 Å². The van der Waals surface area contributed by atoms with E-state index in [0.717, 1.165) is 6.42 Å². The predicted molar refractivity (Wildman–Crippen MR) is 155 cm³/mol. The van der Waals surface area contributed by atoms with Crippen LogP contribution in [-0.2, 0) is 18.7 Å². The fourth-order valence-corrected chi connectivity index (χ4v) is 6.48. The highest BCUT2D eigenvalue weighted by atomic mass is 127. The summed E-state index contributed by atoms with van der Waals surface area (Å²) < 4.78 is 21.0. The van der Waals surface area contributed by atoms with Crippen LogP contribution >= 0.6 is 22.6 Å². The maximum Gasteiger partial charge on any atom is 0.192 e. The minimum absolute atomic E-state index is 0.0119. The van der Waals surface area contributed by atoms with E-state index in [1.54, 1.807) is 7.11 Å². The predicted octanol–water partition coefficient (Wildman–Crippen LogP) is 8.19. The zero-order valence-electron chi connectivity index (χ0n) is 23.8. The third-order valence-electron chi connectivity index (χ3n) is 8.29. The van der Waals surface area contributed by atoms with E-state index in [2.05, 4.69) is 97.2 Å². The fraction of sp³-hybridized carbons (Fsp3) is 0.893. The molecule has 200 valence electrons. The summed E-state index contributed by atoms with van der Waals surface area (Å²) >= 11 is 2.25. The largest absolute Gasteiger partial charge is 0.410 e. The van der Waals surface area contributed by atoms with Crippen LogP contribution in [0.15, 0.2) is 10.2 Å². The molecule has 8 unspecified atom stereocenters. The average Bonchev–Trinajstić information content (AvgIpc) is 3.17. The quantitative estimate of drug-likeness (QED) is 0.147. The Balaban J connectivity index is 2.75. The van der Waals surface area contributed by atoms with Gasteiger partial charge in [0.2, 0.25) is 0 Å². The molecule has 0 bridgehead atoms. The molecule has 0 aromatic carbocycles. The molecule has 0 N–H and O–H groups in total. The molecule has 1 aliphatic rings. The molecule has 0 aromatic rings. The summed E-state index contributed by atoms with van der Waals surface area (Å²) in [6, 6.07) is 0. The second-order valence-corrected chi connectivity index (χ2v) is 17.9. The summed E-state index contributed by atoms with van der Waals surface area (Å²) in [5, 5.41) is 0.139. The maximum absolute atomic E-state index is 13.1. The summed E-state index contributed by atoms with van der Waals surface area (Å²) in [6.45, 7) is 22.5. The van der Waals surface area contributed by atoms with Crippen LogP contribution in [0.1, 0.15) is 87.5 Å². The van der Waals surface area contributed by atoms with Crippen molar-refractivity contribution in [2.45, 2.75) is 130 Å². The number of carbonyl (C=O) groups is 1. The van der Waals surface area contributed by atoms with Gasteiger partial charge in [-0.05, 0) is 52.3 Å². The number of hydrogen-bond acceptors (Lipinski definition) is 4. The van der Waals surface area contributed by atoms with Crippen molar-refractivity contribution in [2.75, 3.05) is 7.11 Å². The highest BCUT2D eigenvalue weighted by Gasteiger charge is 2.42. The first-order valence-corrected chi connectivity index (χ1v) is 17.5. The Bertz CT molecular complexity index is 645. The zero-order chi connectivity index (χ0) is 26.3. The molecular weight excluding hydrogens is 555 g/mol. The molecule has 0 spiro atoms. The van der Waals surface area contributed by atoms with Gasteiger partial charge in [0.05, 0.1) is 24.4 Å². The van der Waals surface area contributed by atoms with Crippen molar-refractivity contribution >= 4 is 36.7 Å². The molecule has 34 heavy (non-hydrogen) atoms. The highest BCUT2D eigenvalue weighted by molar-refractivity contribution is 14.1. The van der Waals surface area contributed by atoms with Crippen molar-refractivity contribution in [1.82, 2.24) is 0 Å². The van der Waals surface area contributed by atoms with Crippen LogP contribution in [0.2, 0.25) is 18.1 Å². The summed E-state index contributed by atoms with van der Waals surface area (Å²) in [7, 11) is -0.146. The van der Waals surface area contributed by atoms with Crippen LogP contribution < -0.4 is 0 Å². The standard InChI is InChI=1S/C28H53IO4Si/c1-12-19(2)15-20(3)25-18-26(31-9)27(32-25)22(5)17-23(30)16-21(4)24(13-14-29)33-34(10,11)28(6,7)8/h13-14,19-22,24-27H,12,15-18H2,1-11H3. The molecule has 1 saturated heterocycles. The summed E-state index contributed by atoms with van der Waals surface area (Å²) in [6.07, 6.45) is 6.73. The Kier molecular flexibility index (Phi) is 13.5. The van der Waals surface area contributed by atoms with Crippen molar-refractivity contribution in [3.05, 3.63) is 10.2 Å². The number of ketones is 1. The molecule has 4 nitrogen and oxygen atoms in total. The van der Waals surface area contributed by atoms with Gasteiger partial charge in [-0.25, -0.2) is 0 Å². The maximum atomic E-state index is 13.1. The summed E-state index contributed by atoms with van der Waals surface area (Å²) in [5.74, 6) is 1.79. The van der Waals surface area contributed by atoms with E-state index in [-0.39, 0.29) is 41.3 Å². The molecule has 0 saturated carbocycles. The molecule has 0 amide bonds. The lowest BCUT2D eigenvalue weighted by molar-refractivity contribution is -0.123. The second-order valence-electron chi connectivity index (χ2n) is 12.4. The first-order chi connectivity index (χ1) is 15.7. The van der Waals surface area contributed by atoms with E-state index >= 15 is 0 Å². The smallest absolute Gasteiger partial charge is 0.192 e. The van der Waals surface area contributed by atoms with Crippen LogP contribution in [0.4, 0.5) is 0 Å². The minimum Gasteiger partial charge on any atom is -0.410 e. The number of rotatable bonds is 14. The molecule has 6 heteroatoms. The number of methoxy groups -OCH3 is 1. The fourth-order valence-electron chi connectivity index (χ4n) is 4.73. The van der Waals surface area contributed by atoms with Crippen molar-refractivity contribution in [3.8, 4) is 0 Å². The second kappa shape index (κ2) is 14.2. The van der Waals surface area contributed by atoms with Crippen LogP contribution in [-0.4, -0.2) is 45.6 Å². The first kappa shape index (κ1) is 32.3. The molecule has 0 radical (unpaired) electrons. The Hall–Kier alpha value is 0.237. The lowest BCUT2D eigenvalue weighted by Crippen LogP contribution is -2.45. The lowest BCUT2D eigenvalue weighted by Gasteiger charge is -2.40. The summed E-state index contributed by atoms with van der Waals surface area (Å²) in [4.78, 5) is 13.1. The molecule has 0 aromatic heterocycles. The van der Waals surface area contributed by atoms with Crippen LogP contribution in [0.25, 0.3) is 0 Å². The van der Waals surface area contributed by atoms with Gasteiger partial charge in [0, 0.05) is 26.4 Å². The Morgan fingerprint density at radius 2 is 1.76 bits per heavy atom. The number of hydrogen-bond donors (Lipinski definition) is 0. The molecule has 1 rings (SSSR count). The van der Waals surface area contributed by atoms with Crippen molar-refractivity contribution < 1.29 is 18.7 Å². The van der Waals surface area contributed by atoms with Crippen molar-refractivity contribution in [3.63, 3.8) is 0 Å². The van der Waals surface area contributed by atoms with E-state index in [4.69, 9.17) is 13.9 Å². The lowest BCUT2D eigenvalue weighted by atomic mass is 9.88. The number of carbonyl (C=O) groups excluding carboxylic acids is 1. The van der Waals surface area contributed by atoms with Gasteiger partial charge in [0.25, 0.3) is 0 Å². The SMILES string of the molecule is CCC(C)CC(C)C1CC(OC)C(C(C)CC(=O)CC(C)C(C=CI)O[Si](C)(C)C(C)(C)C)O1. The van der Waals surface area contributed by atoms with E-state index in [1.807, 2.05) is 4.08 Å². The summed E-state index contributed by atoms with van der Waals surface area (Å²) in [5.41, 5.74) is 0. The Morgan fingerprint density at radius 3 is 2.26 bits per heavy atom. The number of Topliss-reactive ketones (excluding diaryl/α,β-unsaturated/α-hetero) is 1. The molecular formula is C28H53IO4Si. The van der Waals surface area contributed by atoms with Gasteiger partial charge in [0.15, 0.2) is 8.32 Å². The van der Waals surface area contributed by atoms with Gasteiger partial charge in [0.1, 0.15) is 5.78 Å². The molecule has 1 heterocycles. The zero-order valence-corrected chi connectivity index (χ0v) is 27.0. The number of halogens is 1. The molecule has 1 aliphatic heterocycles. The van der Waals surface area contributed by atoms with Crippen molar-refractivity contribution in [2.24, 2.45) is 23.7 Å². The normalized spacial score (nSPS) is 26.4. The first-order valence-electron chi connectivity index (χ1n) is 13.3. The van der Waals surface area contributed by atoms with Gasteiger partial charge < -0.3 is 13.9 Å². The molecule has 1 fully saturated rings. The van der Waals surface area contributed by atoms with E-state index in [9.17, 15) is 4.79 Å². The van der Waals surface area contributed by atoms with E-state index in [1.165, 1.54) is 12.8 Å². The molecule has 0 aliphatic carbocycles. The Morgan fingerprint density at radius 1 is 1.15 bits per heavy atom. The Labute approximate surface area is 225 Å². The third-order valence-corrected chi connectivity index (χ3v) is 13.2. The van der Waals surface area contributed by atoms with Gasteiger partial charge >= 0.3 is 0 Å². The van der Waals surface area contributed by atoms with Gasteiger partial charge in [-0.3, -0.25) is 4.79 Å². The third kappa shape index (κ3) is 9.60. The van der Waals surface area contributed by atoms with Crippen LogP contribution in [0, 0.1) is 23.7 Å². The van der Waals surface area contributed by atoms with Crippen molar-refractivity contribution in [1.29, 1.82) is 0 Å². The average molecular weight is 609 g/mol. The number of ether oxygens (including phenoxy) is 2. The van der Waals surface area contributed by atoms with Crippen LogP contribution in [0.3, 0.4) is 0 Å². The van der Waals surface area contributed by atoms with E-state index < -0.39 is 8.32 Å². The minimum atomic E-state index is -1.92. The van der Waals surface area contributed by atoms with Gasteiger partial charge in [-0.2, -0.15) is 0 Å². The van der Waals surface area contributed by atoms with Crippen LogP contribution in [0.5, 0.6) is 0 Å². The molecule has 8 atom stereocenters. The monoisotopic (exact) mass is 608 g/mol. The van der Waals surface area contributed by atoms with Gasteiger partial charge in [-0.15, -0.1) is 0 Å². The highest BCUT2D eigenvalue weighted by Crippen LogP contribution is 2.39. The topological polar surface area (TPSA) is 44.8 Å². The van der Waals surface area contributed by atoms with E-state index in [0.29, 0.717) is 30.5 Å².